The maximum atomic E-state index is 13.5. The molecule has 0 atom stereocenters. The number of hydrogen-bond donors (Lipinski definition) is 0. The van der Waals surface area contributed by atoms with Gasteiger partial charge in [0, 0.05) is 5.92 Å². The fraction of sp³-hybridized carbons (Fsp3) is 0.467. The topological polar surface area (TPSA) is 47.9 Å². The van der Waals surface area contributed by atoms with Gasteiger partial charge in [0.05, 0.1) is 5.56 Å². The van der Waals surface area contributed by atoms with E-state index in [9.17, 15) is 26.7 Å². The summed E-state index contributed by atoms with van der Waals surface area (Å²) in [6.07, 6.45) is 0. The number of oxime groups is 1. The molecule has 25 heavy (non-hydrogen) atoms. The minimum Gasteiger partial charge on any atom is -0.515 e. The van der Waals surface area contributed by atoms with Crippen LogP contribution >= 0.6 is 0 Å². The summed E-state index contributed by atoms with van der Waals surface area (Å²) in [6, 6.07) is 0. The van der Waals surface area contributed by atoms with E-state index in [4.69, 9.17) is 4.43 Å². The molecule has 0 saturated heterocycles. The molecule has 0 aromatic heterocycles. The zero-order chi connectivity index (χ0) is 19.5. The third kappa shape index (κ3) is 5.25. The van der Waals surface area contributed by atoms with Crippen molar-refractivity contribution >= 4 is 20.0 Å². The molecule has 140 valence electrons. The first-order chi connectivity index (χ1) is 11.4. The molecule has 0 N–H and O–H groups in total. The summed E-state index contributed by atoms with van der Waals surface area (Å²) in [7, 11) is -2.22. The maximum Gasteiger partial charge on any atom is 0.343 e. The van der Waals surface area contributed by atoms with Gasteiger partial charge in [0.2, 0.25) is 14.1 Å². The van der Waals surface area contributed by atoms with Crippen LogP contribution in [0.1, 0.15) is 19.4 Å². The standard InChI is InChI=1S/C15H18F5NO3Si/c1-7(2)14(15(22)24-25(3,4)5)21-23-6-8-9(16)11(18)13(20)12(19)10(8)17/h7H,6H2,1-5H3/b21-14+. The molecular weight excluding hydrogens is 365 g/mol. The largest absolute Gasteiger partial charge is 0.515 e. The zero-order valence-corrected chi connectivity index (χ0v) is 15.3. The van der Waals surface area contributed by atoms with Crippen molar-refractivity contribution in [1.82, 2.24) is 0 Å². The van der Waals surface area contributed by atoms with Gasteiger partial charge in [0.15, 0.2) is 29.0 Å². The van der Waals surface area contributed by atoms with Gasteiger partial charge >= 0.3 is 5.97 Å². The van der Waals surface area contributed by atoms with Gasteiger partial charge in [-0.15, -0.1) is 0 Å². The SMILES string of the molecule is CC(C)/C(=N\OCc1c(F)c(F)c(F)c(F)c1F)C(=O)O[Si](C)(C)C. The highest BCUT2D eigenvalue weighted by Gasteiger charge is 2.28. The molecule has 1 aromatic rings. The summed E-state index contributed by atoms with van der Waals surface area (Å²) >= 11 is 0. The van der Waals surface area contributed by atoms with Crippen LogP contribution in [0.15, 0.2) is 5.16 Å². The van der Waals surface area contributed by atoms with Crippen molar-refractivity contribution in [2.24, 2.45) is 11.1 Å². The second kappa shape index (κ2) is 7.94. The predicted octanol–water partition coefficient (Wildman–Crippen LogP) is 4.29. The van der Waals surface area contributed by atoms with Gasteiger partial charge in [-0.25, -0.2) is 26.7 Å². The first-order valence-corrected chi connectivity index (χ1v) is 10.7. The number of halogens is 5. The van der Waals surface area contributed by atoms with Crippen LogP contribution in [-0.2, 0) is 20.7 Å². The van der Waals surface area contributed by atoms with Gasteiger partial charge < -0.3 is 9.26 Å². The molecule has 0 aliphatic heterocycles. The molecule has 0 radical (unpaired) electrons. The number of nitrogens with zero attached hydrogens (tertiary/aromatic N) is 1. The van der Waals surface area contributed by atoms with Crippen LogP contribution in [0.5, 0.6) is 0 Å². The van der Waals surface area contributed by atoms with Crippen LogP contribution in [0.4, 0.5) is 22.0 Å². The van der Waals surface area contributed by atoms with E-state index in [-0.39, 0.29) is 5.71 Å². The molecule has 0 amide bonds. The van der Waals surface area contributed by atoms with Gasteiger partial charge in [-0.3, -0.25) is 0 Å². The van der Waals surface area contributed by atoms with Crippen molar-refractivity contribution in [3.8, 4) is 0 Å². The second-order valence-corrected chi connectivity index (χ2v) is 10.9. The molecule has 10 heteroatoms. The Labute approximate surface area is 142 Å². The summed E-state index contributed by atoms with van der Waals surface area (Å²) in [5.41, 5.74) is -1.34. The quantitative estimate of drug-likeness (QED) is 0.184. The van der Waals surface area contributed by atoms with Gasteiger partial charge in [-0.1, -0.05) is 19.0 Å². The highest BCUT2D eigenvalue weighted by atomic mass is 28.4. The Bertz CT molecular complexity index is 672. The van der Waals surface area contributed by atoms with Crippen LogP contribution in [0.3, 0.4) is 0 Å². The summed E-state index contributed by atoms with van der Waals surface area (Å²) in [6.45, 7) is 7.45. The average molecular weight is 383 g/mol. The molecule has 0 heterocycles. The highest BCUT2D eigenvalue weighted by molar-refractivity contribution is 6.72. The molecule has 0 saturated carbocycles. The Morgan fingerprint density at radius 3 is 1.80 bits per heavy atom. The third-order valence-electron chi connectivity index (χ3n) is 2.83. The Balaban J connectivity index is 3.03. The first kappa shape index (κ1) is 21.1. The van der Waals surface area contributed by atoms with Crippen molar-refractivity contribution < 1.29 is 36.0 Å². The van der Waals surface area contributed by atoms with Crippen molar-refractivity contribution in [2.45, 2.75) is 40.1 Å². The summed E-state index contributed by atoms with van der Waals surface area (Å²) in [4.78, 5) is 16.7. The molecule has 0 bridgehead atoms. The van der Waals surface area contributed by atoms with E-state index in [2.05, 4.69) is 9.99 Å². The molecule has 4 nitrogen and oxygen atoms in total. The number of benzene rings is 1. The van der Waals surface area contributed by atoms with Crippen molar-refractivity contribution in [1.29, 1.82) is 0 Å². The lowest BCUT2D eigenvalue weighted by Crippen LogP contribution is -2.35. The number of hydrogen-bond acceptors (Lipinski definition) is 4. The fourth-order valence-corrected chi connectivity index (χ4v) is 2.31. The Morgan fingerprint density at radius 1 is 0.960 bits per heavy atom. The monoisotopic (exact) mass is 383 g/mol. The minimum absolute atomic E-state index is 0.161. The molecule has 0 aliphatic carbocycles. The Morgan fingerprint density at radius 2 is 1.40 bits per heavy atom. The van der Waals surface area contributed by atoms with E-state index in [1.54, 1.807) is 33.5 Å². The van der Waals surface area contributed by atoms with Crippen LogP contribution < -0.4 is 0 Å². The lowest BCUT2D eigenvalue weighted by Gasteiger charge is -2.19. The van der Waals surface area contributed by atoms with Crippen molar-refractivity contribution in [2.75, 3.05) is 0 Å². The molecule has 0 aliphatic rings. The van der Waals surface area contributed by atoms with Crippen LogP contribution in [0, 0.1) is 35.0 Å². The van der Waals surface area contributed by atoms with Crippen molar-refractivity contribution in [3.05, 3.63) is 34.6 Å². The summed E-state index contributed by atoms with van der Waals surface area (Å²) in [5, 5.41) is 3.46. The van der Waals surface area contributed by atoms with Gasteiger partial charge in [0.1, 0.15) is 6.61 Å². The lowest BCUT2D eigenvalue weighted by atomic mass is 10.1. The van der Waals surface area contributed by atoms with E-state index in [0.717, 1.165) is 0 Å². The molecular formula is C15H18F5NO3Si. The second-order valence-electron chi connectivity index (χ2n) is 6.46. The van der Waals surface area contributed by atoms with Crippen LogP contribution in [0.25, 0.3) is 0 Å². The van der Waals surface area contributed by atoms with Gasteiger partial charge in [0.25, 0.3) is 0 Å². The molecule has 0 spiro atoms. The maximum absolute atomic E-state index is 13.5. The average Bonchev–Trinajstić information content (AvgIpc) is 2.48. The number of carbonyl (C=O) groups is 1. The van der Waals surface area contributed by atoms with Crippen LogP contribution in [-0.4, -0.2) is 20.0 Å². The minimum atomic E-state index is -2.26. The molecule has 0 fully saturated rings. The Hall–Kier alpha value is -1.97. The zero-order valence-electron chi connectivity index (χ0n) is 14.3. The van der Waals surface area contributed by atoms with E-state index < -0.39 is 61.5 Å². The smallest absolute Gasteiger partial charge is 0.343 e. The van der Waals surface area contributed by atoms with E-state index in [0.29, 0.717) is 0 Å². The lowest BCUT2D eigenvalue weighted by molar-refractivity contribution is -0.128. The van der Waals surface area contributed by atoms with E-state index in [1.807, 2.05) is 0 Å². The number of rotatable bonds is 6. The molecule has 1 aromatic carbocycles. The predicted molar refractivity (Wildman–Crippen MR) is 82.7 cm³/mol. The van der Waals surface area contributed by atoms with E-state index >= 15 is 0 Å². The summed E-state index contributed by atoms with van der Waals surface area (Å²) in [5.74, 6) is -11.6. The number of carbonyl (C=O) groups excluding carboxylic acids is 1. The summed E-state index contributed by atoms with van der Waals surface area (Å²) < 4.78 is 71.5. The van der Waals surface area contributed by atoms with Crippen LogP contribution in [0.2, 0.25) is 19.6 Å². The van der Waals surface area contributed by atoms with Crippen molar-refractivity contribution in [3.63, 3.8) is 0 Å². The molecule has 0 unspecified atom stereocenters. The van der Waals surface area contributed by atoms with Gasteiger partial charge in [-0.2, -0.15) is 0 Å². The third-order valence-corrected chi connectivity index (χ3v) is 3.63. The highest BCUT2D eigenvalue weighted by Crippen LogP contribution is 2.23. The molecule has 1 rings (SSSR count). The first-order valence-electron chi connectivity index (χ1n) is 7.30. The van der Waals surface area contributed by atoms with Gasteiger partial charge in [-0.05, 0) is 19.6 Å². The van der Waals surface area contributed by atoms with E-state index in [1.165, 1.54) is 0 Å². The fourth-order valence-electron chi connectivity index (χ4n) is 1.65. The Kier molecular flexibility index (Phi) is 6.69. The normalized spacial score (nSPS) is 12.5.